The molecule has 0 saturated carbocycles. The van der Waals surface area contributed by atoms with Crippen molar-refractivity contribution in [2.75, 3.05) is 5.32 Å². The number of hydrogen-bond acceptors (Lipinski definition) is 4. The first-order valence-corrected chi connectivity index (χ1v) is 8.81. The van der Waals surface area contributed by atoms with Crippen LogP contribution in [0.3, 0.4) is 0 Å². The highest BCUT2D eigenvalue weighted by Crippen LogP contribution is 2.22. The van der Waals surface area contributed by atoms with E-state index in [0.29, 0.717) is 29.4 Å². The van der Waals surface area contributed by atoms with Crippen molar-refractivity contribution in [1.82, 2.24) is 19.7 Å². The molecule has 0 aliphatic heterocycles. The molecule has 0 fully saturated rings. The third-order valence-corrected chi connectivity index (χ3v) is 4.72. The maximum atomic E-state index is 12.5. The van der Waals surface area contributed by atoms with Gasteiger partial charge < -0.3 is 5.32 Å². The quantitative estimate of drug-likeness (QED) is 0.842. The van der Waals surface area contributed by atoms with E-state index in [2.05, 4.69) is 20.4 Å². The Morgan fingerprint density at radius 1 is 1.16 bits per heavy atom. The summed E-state index contributed by atoms with van der Waals surface area (Å²) in [5.41, 5.74) is 2.79. The fourth-order valence-corrected chi connectivity index (χ4v) is 2.90. The van der Waals surface area contributed by atoms with Crippen LogP contribution in [0.5, 0.6) is 0 Å². The summed E-state index contributed by atoms with van der Waals surface area (Å²) in [7, 11) is 0. The standard InChI is InChI=1S/C18H27N5O2/c1-7-13(8-2)16(24)20-15-10(4)11(5)22-23(15)18-19-12(6)14(9-3)17(25)21-18/h13H,7-9H2,1-6H3,(H,20,24)(H,19,21,25). The predicted octanol–water partition coefficient (Wildman–Crippen LogP) is 2.82. The van der Waals surface area contributed by atoms with E-state index in [4.69, 9.17) is 0 Å². The van der Waals surface area contributed by atoms with E-state index in [1.807, 2.05) is 41.5 Å². The minimum absolute atomic E-state index is 0.0431. The highest BCUT2D eigenvalue weighted by molar-refractivity contribution is 5.92. The molecular formula is C18H27N5O2. The number of H-pyrrole nitrogens is 1. The van der Waals surface area contributed by atoms with Gasteiger partial charge in [-0.2, -0.15) is 9.78 Å². The highest BCUT2D eigenvalue weighted by Gasteiger charge is 2.21. The predicted molar refractivity (Wildman–Crippen MR) is 98.3 cm³/mol. The van der Waals surface area contributed by atoms with Gasteiger partial charge in [0, 0.05) is 22.7 Å². The van der Waals surface area contributed by atoms with E-state index in [0.717, 1.165) is 24.1 Å². The van der Waals surface area contributed by atoms with E-state index in [1.165, 1.54) is 4.68 Å². The van der Waals surface area contributed by atoms with Gasteiger partial charge in [0.1, 0.15) is 5.82 Å². The number of aromatic amines is 1. The summed E-state index contributed by atoms with van der Waals surface area (Å²) in [6.45, 7) is 11.5. The number of aryl methyl sites for hydroxylation is 2. The van der Waals surface area contributed by atoms with Gasteiger partial charge in [0.15, 0.2) is 0 Å². The van der Waals surface area contributed by atoms with E-state index < -0.39 is 0 Å². The van der Waals surface area contributed by atoms with Crippen LogP contribution in [0.15, 0.2) is 4.79 Å². The molecule has 0 aliphatic rings. The molecule has 2 rings (SSSR count). The summed E-state index contributed by atoms with van der Waals surface area (Å²) in [6.07, 6.45) is 2.16. The van der Waals surface area contributed by atoms with Gasteiger partial charge in [-0.15, -0.1) is 0 Å². The van der Waals surface area contributed by atoms with Gasteiger partial charge in [-0.25, -0.2) is 4.98 Å². The number of rotatable bonds is 6. The molecule has 1 amide bonds. The number of anilines is 1. The van der Waals surface area contributed by atoms with Crippen LogP contribution in [0.2, 0.25) is 0 Å². The van der Waals surface area contributed by atoms with Crippen molar-refractivity contribution in [3.8, 4) is 5.95 Å². The van der Waals surface area contributed by atoms with E-state index in [-0.39, 0.29) is 17.4 Å². The summed E-state index contributed by atoms with van der Waals surface area (Å²) in [4.78, 5) is 32.0. The van der Waals surface area contributed by atoms with Crippen LogP contribution in [-0.2, 0) is 11.2 Å². The molecule has 2 aromatic heterocycles. The number of carbonyl (C=O) groups excluding carboxylic acids is 1. The van der Waals surface area contributed by atoms with Crippen LogP contribution >= 0.6 is 0 Å². The average Bonchev–Trinajstić information content (AvgIpc) is 2.84. The maximum absolute atomic E-state index is 12.5. The Bertz CT molecular complexity index is 831. The summed E-state index contributed by atoms with van der Waals surface area (Å²) in [6, 6.07) is 0. The second-order valence-electron chi connectivity index (χ2n) is 6.28. The number of nitrogens with one attached hydrogen (secondary N) is 2. The Balaban J connectivity index is 2.52. The minimum atomic E-state index is -0.173. The fraction of sp³-hybridized carbons (Fsp3) is 0.556. The summed E-state index contributed by atoms with van der Waals surface area (Å²) in [5.74, 6) is 0.773. The van der Waals surface area contributed by atoms with Crippen LogP contribution in [0.4, 0.5) is 5.82 Å². The van der Waals surface area contributed by atoms with Crippen molar-refractivity contribution in [2.24, 2.45) is 5.92 Å². The number of amides is 1. The topological polar surface area (TPSA) is 92.7 Å². The number of aromatic nitrogens is 4. The molecular weight excluding hydrogens is 318 g/mol. The molecule has 2 aromatic rings. The lowest BCUT2D eigenvalue weighted by Crippen LogP contribution is -2.25. The van der Waals surface area contributed by atoms with Crippen LogP contribution in [-0.4, -0.2) is 25.7 Å². The van der Waals surface area contributed by atoms with Gasteiger partial charge in [-0.3, -0.25) is 14.6 Å². The monoisotopic (exact) mass is 345 g/mol. The molecule has 0 aromatic carbocycles. The smallest absolute Gasteiger partial charge is 0.255 e. The van der Waals surface area contributed by atoms with Crippen molar-refractivity contribution in [2.45, 2.75) is 60.8 Å². The summed E-state index contributed by atoms with van der Waals surface area (Å²) >= 11 is 0. The van der Waals surface area contributed by atoms with Crippen molar-refractivity contribution in [1.29, 1.82) is 0 Å². The maximum Gasteiger partial charge on any atom is 0.255 e. The van der Waals surface area contributed by atoms with Crippen LogP contribution in [0.25, 0.3) is 5.95 Å². The SMILES string of the molecule is CCc1c(C)nc(-n2nc(C)c(C)c2NC(=O)C(CC)CC)[nH]c1=O. The first-order chi connectivity index (χ1) is 11.8. The summed E-state index contributed by atoms with van der Waals surface area (Å²) in [5, 5.41) is 7.42. The molecule has 0 spiro atoms. The van der Waals surface area contributed by atoms with Gasteiger partial charge in [-0.05, 0) is 40.0 Å². The molecule has 0 radical (unpaired) electrons. The molecule has 0 saturated heterocycles. The van der Waals surface area contributed by atoms with Gasteiger partial charge >= 0.3 is 0 Å². The molecule has 25 heavy (non-hydrogen) atoms. The van der Waals surface area contributed by atoms with Crippen molar-refractivity contribution < 1.29 is 4.79 Å². The Labute approximate surface area is 147 Å². The average molecular weight is 345 g/mol. The Morgan fingerprint density at radius 2 is 1.80 bits per heavy atom. The molecule has 7 nitrogen and oxygen atoms in total. The summed E-state index contributed by atoms with van der Waals surface area (Å²) < 4.78 is 1.51. The van der Waals surface area contributed by atoms with Gasteiger partial charge in [-0.1, -0.05) is 20.8 Å². The second kappa shape index (κ2) is 7.63. The number of carbonyl (C=O) groups is 1. The number of nitrogens with zero attached hydrogens (tertiary/aromatic N) is 3. The zero-order chi connectivity index (χ0) is 18.7. The minimum Gasteiger partial charge on any atom is -0.310 e. The molecule has 2 N–H and O–H groups in total. The van der Waals surface area contributed by atoms with E-state index >= 15 is 0 Å². The zero-order valence-electron chi connectivity index (χ0n) is 15.9. The van der Waals surface area contributed by atoms with Crippen LogP contribution < -0.4 is 10.9 Å². The zero-order valence-corrected chi connectivity index (χ0v) is 15.9. The molecule has 2 heterocycles. The van der Waals surface area contributed by atoms with E-state index in [1.54, 1.807) is 0 Å². The lowest BCUT2D eigenvalue weighted by molar-refractivity contribution is -0.120. The highest BCUT2D eigenvalue weighted by atomic mass is 16.2. The second-order valence-corrected chi connectivity index (χ2v) is 6.28. The molecule has 0 atom stereocenters. The first kappa shape index (κ1) is 18.9. The first-order valence-electron chi connectivity index (χ1n) is 8.81. The third-order valence-electron chi connectivity index (χ3n) is 4.72. The van der Waals surface area contributed by atoms with Crippen molar-refractivity contribution >= 4 is 11.7 Å². The third kappa shape index (κ3) is 3.65. The molecule has 0 unspecified atom stereocenters. The molecule has 0 aliphatic carbocycles. The van der Waals surface area contributed by atoms with Crippen molar-refractivity contribution in [3.63, 3.8) is 0 Å². The van der Waals surface area contributed by atoms with Gasteiger partial charge in [0.25, 0.3) is 5.56 Å². The van der Waals surface area contributed by atoms with E-state index in [9.17, 15) is 9.59 Å². The van der Waals surface area contributed by atoms with Crippen molar-refractivity contribution in [3.05, 3.63) is 32.9 Å². The fourth-order valence-electron chi connectivity index (χ4n) is 2.90. The van der Waals surface area contributed by atoms with Gasteiger partial charge in [0.05, 0.1) is 5.69 Å². The molecule has 7 heteroatoms. The lowest BCUT2D eigenvalue weighted by atomic mass is 10.0. The molecule has 0 bridgehead atoms. The Hall–Kier alpha value is -2.44. The number of hydrogen-bond donors (Lipinski definition) is 2. The largest absolute Gasteiger partial charge is 0.310 e. The van der Waals surface area contributed by atoms with Crippen LogP contribution in [0.1, 0.15) is 56.1 Å². The normalized spacial score (nSPS) is 11.2. The lowest BCUT2D eigenvalue weighted by Gasteiger charge is -2.15. The Morgan fingerprint density at radius 3 is 2.32 bits per heavy atom. The van der Waals surface area contributed by atoms with Crippen LogP contribution in [0, 0.1) is 26.7 Å². The molecule has 136 valence electrons. The Kier molecular flexibility index (Phi) is 5.77. The van der Waals surface area contributed by atoms with Gasteiger partial charge in [0.2, 0.25) is 11.9 Å².